The molecule has 294 valence electrons. The van der Waals surface area contributed by atoms with Crippen LogP contribution >= 0.6 is 0 Å². The van der Waals surface area contributed by atoms with Gasteiger partial charge in [-0.2, -0.15) is 8.42 Å². The van der Waals surface area contributed by atoms with Gasteiger partial charge in [-0.15, -0.1) is 0 Å². The highest BCUT2D eigenvalue weighted by Crippen LogP contribution is 2.39. The fraction of sp³-hybridized carbons (Fsp3) is 0.513. The molecule has 6 atom stereocenters. The number of aliphatic hydroxyl groups excluding tert-OH is 1. The van der Waals surface area contributed by atoms with Crippen LogP contribution in [-0.4, -0.2) is 101 Å². The molecule has 15 heteroatoms. The molecule has 7 N–H and O–H groups in total. The smallest absolute Gasteiger partial charge is 0.270 e. The van der Waals surface area contributed by atoms with E-state index in [0.717, 1.165) is 36.6 Å². The number of fused-ring (bicyclic) bond motifs is 2. The number of carbonyl (C=O) groups excluding carboxylic acids is 4. The molecule has 4 amide bonds. The normalized spacial score (nSPS) is 20.6. The summed E-state index contributed by atoms with van der Waals surface area (Å²) in [5, 5.41) is 21.4. The van der Waals surface area contributed by atoms with Crippen molar-refractivity contribution in [2.45, 2.75) is 95.5 Å². The summed E-state index contributed by atoms with van der Waals surface area (Å²) in [4.78, 5) is 59.3. The van der Waals surface area contributed by atoms with Crippen LogP contribution in [0, 0.1) is 11.8 Å². The number of primary amides is 1. The van der Waals surface area contributed by atoms with Crippen LogP contribution in [0.25, 0.3) is 10.9 Å². The first kappa shape index (κ1) is 42.3. The highest BCUT2D eigenvalue weighted by molar-refractivity contribution is 7.85. The molecule has 2 aromatic carbocycles. The zero-order valence-electron chi connectivity index (χ0n) is 31.4. The molecule has 1 aliphatic carbocycles. The number of rotatable bonds is 12. The molecule has 1 saturated heterocycles. The third-order valence-corrected chi connectivity index (χ3v) is 9.67. The monoisotopic (exact) mass is 766 g/mol. The van der Waals surface area contributed by atoms with E-state index >= 15 is 0 Å². The quantitative estimate of drug-likeness (QED) is 0.148. The van der Waals surface area contributed by atoms with E-state index in [1.54, 1.807) is 18.2 Å². The van der Waals surface area contributed by atoms with Crippen LogP contribution in [0.15, 0.2) is 66.7 Å². The highest BCUT2D eigenvalue weighted by atomic mass is 32.2. The van der Waals surface area contributed by atoms with Gasteiger partial charge in [-0.05, 0) is 69.6 Å². The second-order valence-corrected chi connectivity index (χ2v) is 16.9. The van der Waals surface area contributed by atoms with Gasteiger partial charge in [0.15, 0.2) is 0 Å². The van der Waals surface area contributed by atoms with E-state index in [-0.39, 0.29) is 24.6 Å². The van der Waals surface area contributed by atoms with Crippen molar-refractivity contribution in [2.75, 3.05) is 19.3 Å². The Hall–Kier alpha value is -4.44. The maximum atomic E-state index is 13.8. The Kier molecular flexibility index (Phi) is 14.7. The predicted octanol–water partition coefficient (Wildman–Crippen LogP) is 2.60. The Morgan fingerprint density at radius 1 is 0.944 bits per heavy atom. The molecule has 4 unspecified atom stereocenters. The zero-order valence-corrected chi connectivity index (χ0v) is 32.2. The lowest BCUT2D eigenvalue weighted by atomic mass is 9.72. The molecule has 2 fully saturated rings. The molecular weight excluding hydrogens is 713 g/mol. The van der Waals surface area contributed by atoms with E-state index in [9.17, 15) is 32.7 Å². The number of piperidine rings is 1. The van der Waals surface area contributed by atoms with E-state index in [1.165, 1.54) is 6.42 Å². The summed E-state index contributed by atoms with van der Waals surface area (Å²) in [6, 6.07) is 17.6. The summed E-state index contributed by atoms with van der Waals surface area (Å²) < 4.78 is 25.9. The average molecular weight is 767 g/mol. The Morgan fingerprint density at radius 2 is 1.57 bits per heavy atom. The number of para-hydroxylation sites is 1. The number of carbonyl (C=O) groups is 4. The zero-order chi connectivity index (χ0) is 39.6. The van der Waals surface area contributed by atoms with Crippen LogP contribution in [0.5, 0.6) is 0 Å². The number of likely N-dealkylation sites (tertiary alicyclic amines) is 1. The summed E-state index contributed by atoms with van der Waals surface area (Å²) in [5.74, 6) is -1.20. The molecule has 54 heavy (non-hydrogen) atoms. The number of amides is 4. The Balaban J connectivity index is 0.00000122. The number of nitrogens with zero attached hydrogens (tertiary/aromatic N) is 2. The van der Waals surface area contributed by atoms with E-state index in [0.29, 0.717) is 30.2 Å². The van der Waals surface area contributed by atoms with Crippen molar-refractivity contribution in [3.05, 3.63) is 78.0 Å². The molecular formula is C39H54N6O8S. The third-order valence-electron chi connectivity index (χ3n) is 9.67. The Labute approximate surface area is 317 Å². The largest absolute Gasteiger partial charge is 0.390 e. The maximum Gasteiger partial charge on any atom is 0.270 e. The molecule has 3 aromatic rings. The van der Waals surface area contributed by atoms with Gasteiger partial charge in [0.05, 0.1) is 36.4 Å². The van der Waals surface area contributed by atoms with Gasteiger partial charge in [0.25, 0.3) is 16.0 Å². The van der Waals surface area contributed by atoms with E-state index in [1.807, 2.05) is 69.3 Å². The number of benzene rings is 2. The van der Waals surface area contributed by atoms with Crippen LogP contribution < -0.4 is 21.7 Å². The van der Waals surface area contributed by atoms with Gasteiger partial charge in [0.2, 0.25) is 17.7 Å². The van der Waals surface area contributed by atoms with Crippen molar-refractivity contribution in [1.82, 2.24) is 25.8 Å². The van der Waals surface area contributed by atoms with Crippen LogP contribution in [0.2, 0.25) is 0 Å². The van der Waals surface area contributed by atoms with Crippen molar-refractivity contribution in [3.8, 4) is 0 Å². The minimum atomic E-state index is -3.67. The van der Waals surface area contributed by atoms with Gasteiger partial charge in [-0.1, -0.05) is 73.9 Å². The van der Waals surface area contributed by atoms with Crippen molar-refractivity contribution in [1.29, 1.82) is 0 Å². The number of nitrogens with two attached hydrogens (primary N) is 1. The number of hydrogen-bond acceptors (Lipinski definition) is 9. The van der Waals surface area contributed by atoms with Crippen molar-refractivity contribution in [3.63, 3.8) is 0 Å². The van der Waals surface area contributed by atoms with Crippen molar-refractivity contribution in [2.24, 2.45) is 17.6 Å². The van der Waals surface area contributed by atoms with Gasteiger partial charge in [-0.3, -0.25) is 28.6 Å². The fourth-order valence-corrected chi connectivity index (χ4v) is 7.26. The van der Waals surface area contributed by atoms with E-state index < -0.39 is 64.0 Å². The molecule has 0 bridgehead atoms. The lowest BCUT2D eigenvalue weighted by Gasteiger charge is -2.47. The number of aromatic nitrogens is 1. The summed E-state index contributed by atoms with van der Waals surface area (Å²) in [6.45, 7) is 6.73. The molecule has 1 aromatic heterocycles. The minimum Gasteiger partial charge on any atom is -0.390 e. The topological polar surface area (TPSA) is 221 Å². The molecule has 14 nitrogen and oxygen atoms in total. The third kappa shape index (κ3) is 13.4. The van der Waals surface area contributed by atoms with E-state index in [2.05, 4.69) is 25.8 Å². The first-order valence-electron chi connectivity index (χ1n) is 18.3. The molecule has 0 spiro atoms. The van der Waals surface area contributed by atoms with Crippen molar-refractivity contribution < 1.29 is 37.3 Å². The number of pyridine rings is 1. The lowest BCUT2D eigenvalue weighted by Crippen LogP contribution is -2.61. The number of nitrogens with one attached hydrogen (secondary N) is 3. The number of β-amino-alcohol motifs (C(OH)–C–C–N with tert-alkyl or cyclic N) is 1. The fourth-order valence-electron chi connectivity index (χ4n) is 7.26. The molecule has 2 heterocycles. The Bertz CT molecular complexity index is 1860. The number of hydrogen-bond donors (Lipinski definition) is 6. The first-order chi connectivity index (χ1) is 25.4. The van der Waals surface area contributed by atoms with Crippen LogP contribution in [0.1, 0.15) is 75.3 Å². The first-order valence-corrected chi connectivity index (χ1v) is 20.2. The summed E-state index contributed by atoms with van der Waals surface area (Å²) in [5.41, 5.74) is 6.70. The van der Waals surface area contributed by atoms with E-state index in [4.69, 9.17) is 10.3 Å². The minimum absolute atomic E-state index is 0.0566. The molecule has 2 aliphatic rings. The Morgan fingerprint density at radius 3 is 2.22 bits per heavy atom. The van der Waals surface area contributed by atoms with Gasteiger partial charge in [-0.25, -0.2) is 4.98 Å². The summed E-state index contributed by atoms with van der Waals surface area (Å²) >= 11 is 0. The summed E-state index contributed by atoms with van der Waals surface area (Å²) in [7, 11) is -3.67. The highest BCUT2D eigenvalue weighted by Gasteiger charge is 2.42. The van der Waals surface area contributed by atoms with Gasteiger partial charge in [0, 0.05) is 24.0 Å². The second-order valence-electron chi connectivity index (χ2n) is 15.4. The SMILES string of the molecule is CC(C)(C)NC(=O)C1CC2CCCCC2CN1C[C@@H](O)[C@H](Cc1ccccc1)NC(=O)C(CC(N)=O)NC(=O)c1ccc2ccccc2n1.CS(=O)(=O)O. The van der Waals surface area contributed by atoms with Gasteiger partial charge >= 0.3 is 0 Å². The molecule has 1 saturated carbocycles. The van der Waals surface area contributed by atoms with Gasteiger partial charge < -0.3 is 26.8 Å². The molecule has 5 rings (SSSR count). The number of aliphatic hydroxyl groups is 1. The predicted molar refractivity (Wildman–Crippen MR) is 206 cm³/mol. The lowest BCUT2D eigenvalue weighted by molar-refractivity contribution is -0.133. The molecule has 1 aliphatic heterocycles. The second kappa shape index (κ2) is 18.7. The van der Waals surface area contributed by atoms with Crippen LogP contribution in [0.4, 0.5) is 0 Å². The standard InChI is InChI=1S/C38H50N6O5.CH4O3S/c1-38(2,3)43-37(49)32-20-26-14-7-8-15-27(26)22-44(32)23-33(45)30(19-24-11-5-4-6-12-24)41-36(48)31(21-34(39)46)42-35(47)29-18-17-25-13-9-10-16-28(25)40-29;1-5(2,3)4/h4-6,9-13,16-18,26-27,30-33,45H,7-8,14-15,19-23H2,1-3H3,(H2,39,46)(H,41,48)(H,42,47)(H,43,49);1H3,(H,2,3,4)/t26?,27?,30-,31?,32?,33+;/m0./s1. The maximum absolute atomic E-state index is 13.8. The van der Waals surface area contributed by atoms with Crippen LogP contribution in [0.3, 0.4) is 0 Å². The summed E-state index contributed by atoms with van der Waals surface area (Å²) in [6.07, 6.45) is 4.75. The van der Waals surface area contributed by atoms with Crippen LogP contribution in [-0.2, 0) is 30.9 Å². The van der Waals surface area contributed by atoms with Crippen molar-refractivity contribution >= 4 is 44.6 Å². The van der Waals surface area contributed by atoms with Gasteiger partial charge in [0.1, 0.15) is 11.7 Å². The molecule has 0 radical (unpaired) electrons. The average Bonchev–Trinajstić information content (AvgIpc) is 3.09.